The second-order valence-corrected chi connectivity index (χ2v) is 11.4. The number of aromatic nitrogens is 1. The second kappa shape index (κ2) is 13.5. The van der Waals surface area contributed by atoms with Crippen LogP contribution in [0.5, 0.6) is 0 Å². The maximum atomic E-state index is 13.8. The lowest BCUT2D eigenvalue weighted by Gasteiger charge is -2.31. The van der Waals surface area contributed by atoms with Crippen LogP contribution in [0, 0.1) is 5.82 Å². The van der Waals surface area contributed by atoms with Gasteiger partial charge in [0.1, 0.15) is 23.0 Å². The van der Waals surface area contributed by atoms with E-state index in [9.17, 15) is 27.6 Å². The summed E-state index contributed by atoms with van der Waals surface area (Å²) in [6.07, 6.45) is -0.479. The van der Waals surface area contributed by atoms with Crippen LogP contribution in [-0.2, 0) is 13.1 Å². The molecular weight excluding hydrogens is 627 g/mol. The predicted octanol–water partition coefficient (Wildman–Crippen LogP) is 7.26. The smallest absolute Gasteiger partial charge is 0.410 e. The van der Waals surface area contributed by atoms with Gasteiger partial charge in [-0.15, -0.1) is 0 Å². The van der Waals surface area contributed by atoms with Crippen molar-refractivity contribution in [3.05, 3.63) is 108 Å². The lowest BCUT2D eigenvalue weighted by molar-refractivity contribution is -0.0494. The molecule has 0 spiro atoms. The molecule has 0 aliphatic carbocycles. The standard InChI is InChI=1S/C35H30F3N5O5/c36-27-8-6-23(7-9-27)29-17-25(22-2-4-24(5-3-22)32(44)43-13-11-35(37,38)12-14-43)15-26-16-28(48-31(26)29)20-41-33(45)40-19-21-1-10-30(39-18-21)42-34(46)47/h1-10,15-18H,11-14,19-20H2,(H,39,42)(H,46,47)(H2,40,41,45). The number of rotatable bonds is 8. The van der Waals surface area contributed by atoms with Gasteiger partial charge in [-0.25, -0.2) is 27.7 Å². The van der Waals surface area contributed by atoms with Crippen molar-refractivity contribution in [1.82, 2.24) is 20.5 Å². The van der Waals surface area contributed by atoms with Gasteiger partial charge in [-0.3, -0.25) is 10.1 Å². The Bertz CT molecular complexity index is 1950. The quantitative estimate of drug-likeness (QED) is 0.139. The number of furan rings is 1. The molecule has 246 valence electrons. The number of nitrogens with one attached hydrogen (secondary N) is 3. The molecule has 0 unspecified atom stereocenters. The molecule has 1 fully saturated rings. The van der Waals surface area contributed by atoms with E-state index in [0.717, 1.165) is 16.5 Å². The fourth-order valence-electron chi connectivity index (χ4n) is 5.45. The van der Waals surface area contributed by atoms with Gasteiger partial charge in [0.25, 0.3) is 11.8 Å². The van der Waals surface area contributed by atoms with Crippen LogP contribution in [0.1, 0.15) is 34.5 Å². The summed E-state index contributed by atoms with van der Waals surface area (Å²) >= 11 is 0. The molecule has 1 aliphatic rings. The molecule has 2 aromatic heterocycles. The fourth-order valence-corrected chi connectivity index (χ4v) is 5.45. The van der Waals surface area contributed by atoms with Crippen molar-refractivity contribution in [2.75, 3.05) is 18.4 Å². The van der Waals surface area contributed by atoms with Crippen LogP contribution in [0.15, 0.2) is 89.5 Å². The monoisotopic (exact) mass is 657 g/mol. The van der Waals surface area contributed by atoms with Gasteiger partial charge in [0.05, 0.1) is 6.54 Å². The third-order valence-electron chi connectivity index (χ3n) is 8.01. The highest BCUT2D eigenvalue weighted by Crippen LogP contribution is 2.36. The van der Waals surface area contributed by atoms with E-state index in [1.807, 2.05) is 12.1 Å². The first-order valence-electron chi connectivity index (χ1n) is 15.1. The number of fused-ring (bicyclic) bond motifs is 1. The zero-order chi connectivity index (χ0) is 33.8. The van der Waals surface area contributed by atoms with E-state index in [0.29, 0.717) is 33.6 Å². The number of nitrogens with zero attached hydrogens (tertiary/aromatic N) is 2. The average Bonchev–Trinajstić information content (AvgIpc) is 3.50. The molecule has 48 heavy (non-hydrogen) atoms. The Balaban J connectivity index is 1.18. The summed E-state index contributed by atoms with van der Waals surface area (Å²) in [5.74, 6) is -2.78. The van der Waals surface area contributed by atoms with E-state index in [-0.39, 0.29) is 56.6 Å². The van der Waals surface area contributed by atoms with E-state index in [2.05, 4.69) is 20.9 Å². The molecule has 0 atom stereocenters. The number of likely N-dealkylation sites (tertiary alicyclic amines) is 1. The van der Waals surface area contributed by atoms with E-state index in [1.165, 1.54) is 29.3 Å². The van der Waals surface area contributed by atoms with Crippen LogP contribution < -0.4 is 16.0 Å². The van der Waals surface area contributed by atoms with E-state index < -0.39 is 18.0 Å². The first kappa shape index (κ1) is 32.1. The minimum absolute atomic E-state index is 0.00396. The van der Waals surface area contributed by atoms with Crippen molar-refractivity contribution in [2.45, 2.75) is 31.9 Å². The van der Waals surface area contributed by atoms with Crippen molar-refractivity contribution in [3.8, 4) is 22.3 Å². The molecule has 5 aromatic rings. The molecule has 3 aromatic carbocycles. The van der Waals surface area contributed by atoms with Gasteiger partial charge >= 0.3 is 12.1 Å². The normalized spacial score (nSPS) is 14.0. The maximum Gasteiger partial charge on any atom is 0.410 e. The molecule has 3 heterocycles. The topological polar surface area (TPSA) is 137 Å². The number of amides is 4. The summed E-state index contributed by atoms with van der Waals surface area (Å²) in [5, 5.41) is 17.1. The minimum Gasteiger partial charge on any atom is -0.465 e. The average molecular weight is 658 g/mol. The summed E-state index contributed by atoms with van der Waals surface area (Å²) < 4.78 is 47.1. The van der Waals surface area contributed by atoms with Crippen molar-refractivity contribution < 1.29 is 37.1 Å². The highest BCUT2D eigenvalue weighted by atomic mass is 19.3. The van der Waals surface area contributed by atoms with Gasteiger partial charge in [0, 0.05) is 55.2 Å². The Hall–Kier alpha value is -5.85. The second-order valence-electron chi connectivity index (χ2n) is 11.4. The minimum atomic E-state index is -2.74. The number of carbonyl (C=O) groups is 3. The SMILES string of the molecule is O=C(O)Nc1ccc(CNC(=O)NCc2cc3cc(-c4ccc(C(=O)N5CCC(F)(F)CC5)cc4)cc(-c4ccc(F)cc4)c3o2)cn1. The summed E-state index contributed by atoms with van der Waals surface area (Å²) in [6.45, 7) is 0.231. The molecule has 13 heteroatoms. The van der Waals surface area contributed by atoms with Gasteiger partial charge in [0.2, 0.25) is 0 Å². The number of carbonyl (C=O) groups excluding carboxylic acids is 2. The Morgan fingerprint density at radius 2 is 1.54 bits per heavy atom. The number of piperidine rings is 1. The Kier molecular flexibility index (Phi) is 9.02. The van der Waals surface area contributed by atoms with Crippen LogP contribution in [-0.4, -0.2) is 52.0 Å². The third-order valence-corrected chi connectivity index (χ3v) is 8.01. The Labute approximate surface area is 272 Å². The number of carboxylic acid groups (broad SMARTS) is 1. The fraction of sp³-hybridized carbons (Fsp3) is 0.200. The number of alkyl halides is 2. The molecule has 0 radical (unpaired) electrons. The molecule has 1 aliphatic heterocycles. The van der Waals surface area contributed by atoms with Gasteiger partial charge in [-0.2, -0.15) is 0 Å². The number of hydrogen-bond acceptors (Lipinski definition) is 5. The van der Waals surface area contributed by atoms with Crippen molar-refractivity contribution in [1.29, 1.82) is 0 Å². The van der Waals surface area contributed by atoms with Crippen LogP contribution in [0.25, 0.3) is 33.2 Å². The van der Waals surface area contributed by atoms with E-state index in [4.69, 9.17) is 9.52 Å². The predicted molar refractivity (Wildman–Crippen MR) is 172 cm³/mol. The van der Waals surface area contributed by atoms with Crippen LogP contribution in [0.3, 0.4) is 0 Å². The van der Waals surface area contributed by atoms with Gasteiger partial charge in [0.15, 0.2) is 0 Å². The molecule has 4 N–H and O–H groups in total. The lowest BCUT2D eigenvalue weighted by atomic mass is 9.96. The number of hydrogen-bond donors (Lipinski definition) is 4. The highest BCUT2D eigenvalue weighted by molar-refractivity contribution is 5.98. The summed E-state index contributed by atoms with van der Waals surface area (Å²) in [4.78, 5) is 41.6. The first-order chi connectivity index (χ1) is 23.0. The van der Waals surface area contributed by atoms with Crippen molar-refractivity contribution in [3.63, 3.8) is 0 Å². The molecule has 4 amide bonds. The van der Waals surface area contributed by atoms with Crippen LogP contribution >= 0.6 is 0 Å². The first-order valence-corrected chi connectivity index (χ1v) is 15.1. The lowest BCUT2D eigenvalue weighted by Crippen LogP contribution is -2.42. The van der Waals surface area contributed by atoms with Gasteiger partial charge in [-0.1, -0.05) is 30.3 Å². The molecule has 10 nitrogen and oxygen atoms in total. The number of halogens is 3. The molecule has 0 saturated carbocycles. The van der Waals surface area contributed by atoms with Gasteiger partial charge < -0.3 is 25.1 Å². The molecule has 0 bridgehead atoms. The third kappa shape index (κ3) is 7.57. The number of urea groups is 1. The molecule has 1 saturated heterocycles. The van der Waals surface area contributed by atoms with Crippen LogP contribution in [0.4, 0.5) is 28.6 Å². The number of anilines is 1. The zero-order valence-electron chi connectivity index (χ0n) is 25.4. The number of benzene rings is 3. The molecular formula is C35H30F3N5O5. The van der Waals surface area contributed by atoms with Crippen molar-refractivity contribution in [2.24, 2.45) is 0 Å². The molecule has 6 rings (SSSR count). The van der Waals surface area contributed by atoms with Gasteiger partial charge in [-0.05, 0) is 70.8 Å². The summed E-state index contributed by atoms with van der Waals surface area (Å²) in [6, 6.07) is 21.2. The highest BCUT2D eigenvalue weighted by Gasteiger charge is 2.35. The van der Waals surface area contributed by atoms with E-state index in [1.54, 1.807) is 48.5 Å². The Morgan fingerprint density at radius 3 is 2.21 bits per heavy atom. The number of pyridine rings is 1. The van der Waals surface area contributed by atoms with Crippen LogP contribution in [0.2, 0.25) is 0 Å². The maximum absolute atomic E-state index is 13.8. The van der Waals surface area contributed by atoms with E-state index >= 15 is 0 Å². The Morgan fingerprint density at radius 1 is 0.854 bits per heavy atom. The van der Waals surface area contributed by atoms with Crippen molar-refractivity contribution >= 4 is 34.8 Å². The summed E-state index contributed by atoms with van der Waals surface area (Å²) in [5.41, 5.74) is 4.61. The summed E-state index contributed by atoms with van der Waals surface area (Å²) in [7, 11) is 0. The largest absolute Gasteiger partial charge is 0.465 e. The zero-order valence-corrected chi connectivity index (χ0v) is 25.4.